The minimum Gasteiger partial charge on any atom is -0.422 e. The van der Waals surface area contributed by atoms with Crippen LogP contribution in [0.1, 0.15) is 36.8 Å². The fourth-order valence-corrected chi connectivity index (χ4v) is 6.31. The fraction of sp³-hybridized carbons (Fsp3) is 0.207. The van der Waals surface area contributed by atoms with Crippen molar-refractivity contribution in [2.45, 2.75) is 6.42 Å². The van der Waals surface area contributed by atoms with Gasteiger partial charge in [-0.1, -0.05) is 29.8 Å². The van der Waals surface area contributed by atoms with Crippen molar-refractivity contribution in [3.63, 3.8) is 0 Å². The molecule has 1 saturated heterocycles. The van der Waals surface area contributed by atoms with Crippen LogP contribution >= 0.6 is 22.9 Å². The van der Waals surface area contributed by atoms with Gasteiger partial charge < -0.3 is 4.74 Å². The van der Waals surface area contributed by atoms with Crippen LogP contribution in [0.4, 0.5) is 0 Å². The SMILES string of the molecule is O=C(CN(C(=O)c1ccc(Cl)cc1)N1C(=O)[C@H]2[C@H](C1=O)[C@H]1C=C[C@H]2C1)c1ccc(OC(=O)c2cccs2)cc1. The number of hydrazine groups is 1. The van der Waals surface area contributed by atoms with Gasteiger partial charge >= 0.3 is 5.97 Å². The number of esters is 1. The number of rotatable bonds is 7. The number of carbonyl (C=O) groups is 5. The second-order valence-electron chi connectivity index (χ2n) is 9.67. The van der Waals surface area contributed by atoms with E-state index in [2.05, 4.69) is 0 Å². The molecule has 1 aromatic heterocycles. The van der Waals surface area contributed by atoms with E-state index in [-0.39, 0.29) is 28.7 Å². The number of amides is 3. The van der Waals surface area contributed by atoms with Gasteiger partial charge in [0.05, 0.1) is 11.8 Å². The average Bonchev–Trinajstić information content (AvgIpc) is 3.74. The molecule has 1 saturated carbocycles. The lowest BCUT2D eigenvalue weighted by atomic mass is 9.85. The molecule has 3 aliphatic rings. The molecule has 196 valence electrons. The number of benzene rings is 2. The number of nitrogens with zero attached hydrogens (tertiary/aromatic N) is 2. The van der Waals surface area contributed by atoms with Crippen molar-refractivity contribution in [3.8, 4) is 5.75 Å². The third-order valence-electron chi connectivity index (χ3n) is 7.42. The van der Waals surface area contributed by atoms with Crippen molar-refractivity contribution in [2.75, 3.05) is 6.54 Å². The molecule has 0 unspecified atom stereocenters. The lowest BCUT2D eigenvalue weighted by molar-refractivity contribution is -0.154. The number of halogens is 1. The molecule has 4 atom stereocenters. The van der Waals surface area contributed by atoms with Gasteiger partial charge in [0.25, 0.3) is 17.7 Å². The summed E-state index contributed by atoms with van der Waals surface area (Å²) < 4.78 is 5.34. The van der Waals surface area contributed by atoms with Gasteiger partial charge in [-0.15, -0.1) is 11.3 Å². The summed E-state index contributed by atoms with van der Waals surface area (Å²) in [5.74, 6) is -3.50. The number of carbonyl (C=O) groups excluding carboxylic acids is 5. The number of ether oxygens (including phenoxy) is 1. The van der Waals surface area contributed by atoms with Gasteiger partial charge in [-0.3, -0.25) is 19.2 Å². The third-order valence-corrected chi connectivity index (χ3v) is 8.52. The lowest BCUT2D eigenvalue weighted by Gasteiger charge is -2.30. The van der Waals surface area contributed by atoms with Crippen LogP contribution in [0.25, 0.3) is 0 Å². The quantitative estimate of drug-likeness (QED) is 0.137. The zero-order valence-corrected chi connectivity index (χ0v) is 21.9. The molecule has 6 rings (SSSR count). The van der Waals surface area contributed by atoms with Gasteiger partial charge in [-0.25, -0.2) is 9.80 Å². The molecular weight excluding hydrogens is 540 g/mol. The Balaban J connectivity index is 1.25. The number of hydrogen-bond donors (Lipinski definition) is 0. The molecule has 2 heterocycles. The number of fused-ring (bicyclic) bond motifs is 5. The van der Waals surface area contributed by atoms with E-state index in [1.165, 1.54) is 59.9 Å². The van der Waals surface area contributed by atoms with Crippen LogP contribution in [0.2, 0.25) is 5.02 Å². The van der Waals surface area contributed by atoms with Crippen LogP contribution in [0.5, 0.6) is 5.75 Å². The number of imide groups is 1. The van der Waals surface area contributed by atoms with Crippen LogP contribution < -0.4 is 4.74 Å². The summed E-state index contributed by atoms with van der Waals surface area (Å²) in [6.45, 7) is -0.532. The van der Waals surface area contributed by atoms with Gasteiger partial charge in [-0.2, -0.15) is 5.01 Å². The van der Waals surface area contributed by atoms with Crippen molar-refractivity contribution < 1.29 is 28.7 Å². The Morgan fingerprint density at radius 3 is 2.10 bits per heavy atom. The minimum absolute atomic E-state index is 0.0472. The molecule has 2 fully saturated rings. The number of allylic oxidation sites excluding steroid dienone is 2. The van der Waals surface area contributed by atoms with Crippen LogP contribution in [-0.2, 0) is 9.59 Å². The van der Waals surface area contributed by atoms with Gasteiger partial charge in [-0.05, 0) is 78.2 Å². The molecule has 2 bridgehead atoms. The highest BCUT2D eigenvalue weighted by atomic mass is 35.5. The second-order valence-corrected chi connectivity index (χ2v) is 11.1. The standard InChI is InChI=1S/C29H21ClN2O6S/c30-20-9-5-17(6-10-20)26(34)31(32-27(35)24-18-3-4-19(14-18)25(24)28(32)36)15-22(33)16-7-11-21(12-8-16)38-29(37)23-2-1-13-39-23/h1-13,18-19,24-25H,14-15H2/t18-,19-,24+,25+/m0/s1. The second kappa shape index (κ2) is 9.91. The number of ketones is 1. The van der Waals surface area contributed by atoms with E-state index in [4.69, 9.17) is 16.3 Å². The molecule has 1 aliphatic heterocycles. The maximum absolute atomic E-state index is 13.6. The Morgan fingerprint density at radius 2 is 1.51 bits per heavy atom. The average molecular weight is 561 g/mol. The van der Waals surface area contributed by atoms with Crippen LogP contribution in [0, 0.1) is 23.7 Å². The number of hydrogen-bond acceptors (Lipinski definition) is 7. The Morgan fingerprint density at radius 1 is 0.897 bits per heavy atom. The first-order chi connectivity index (χ1) is 18.8. The summed E-state index contributed by atoms with van der Waals surface area (Å²) in [6.07, 6.45) is 4.67. The Bertz CT molecular complexity index is 1490. The third kappa shape index (κ3) is 4.47. The van der Waals surface area contributed by atoms with E-state index in [1.807, 2.05) is 12.2 Å². The van der Waals surface area contributed by atoms with E-state index in [0.717, 1.165) is 16.4 Å². The van der Waals surface area contributed by atoms with Crippen molar-refractivity contribution >= 4 is 52.4 Å². The zero-order chi connectivity index (χ0) is 27.3. The van der Waals surface area contributed by atoms with Gasteiger partial charge in [0, 0.05) is 16.1 Å². The maximum atomic E-state index is 13.6. The van der Waals surface area contributed by atoms with Gasteiger partial charge in [0.15, 0.2) is 5.78 Å². The lowest BCUT2D eigenvalue weighted by Crippen LogP contribution is -2.52. The minimum atomic E-state index is -0.663. The highest BCUT2D eigenvalue weighted by molar-refractivity contribution is 7.12. The van der Waals surface area contributed by atoms with Crippen molar-refractivity contribution in [3.05, 3.63) is 99.2 Å². The highest BCUT2D eigenvalue weighted by Crippen LogP contribution is 2.52. The first-order valence-electron chi connectivity index (χ1n) is 12.3. The fourth-order valence-electron chi connectivity index (χ4n) is 5.59. The summed E-state index contributed by atoms with van der Waals surface area (Å²) in [5, 5.41) is 3.99. The molecule has 0 spiro atoms. The Labute approximate surface area is 232 Å². The predicted molar refractivity (Wildman–Crippen MR) is 142 cm³/mol. The molecule has 39 heavy (non-hydrogen) atoms. The molecule has 10 heteroatoms. The molecular formula is C29H21ClN2O6S. The van der Waals surface area contributed by atoms with E-state index < -0.39 is 47.9 Å². The monoisotopic (exact) mass is 560 g/mol. The Kier molecular flexibility index (Phi) is 6.40. The summed E-state index contributed by atoms with van der Waals surface area (Å²) >= 11 is 7.23. The first kappa shape index (κ1) is 25.2. The topological polar surface area (TPSA) is 101 Å². The molecule has 0 radical (unpaired) electrons. The Hall–Kier alpha value is -4.08. The van der Waals surface area contributed by atoms with E-state index in [9.17, 15) is 24.0 Å². The normalized spacial score (nSPS) is 22.7. The summed E-state index contributed by atoms with van der Waals surface area (Å²) in [4.78, 5) is 66.5. The van der Waals surface area contributed by atoms with E-state index in [0.29, 0.717) is 9.90 Å². The van der Waals surface area contributed by atoms with Crippen LogP contribution in [-0.4, -0.2) is 46.0 Å². The maximum Gasteiger partial charge on any atom is 0.353 e. The number of thiophene rings is 1. The smallest absolute Gasteiger partial charge is 0.353 e. The van der Waals surface area contributed by atoms with E-state index >= 15 is 0 Å². The van der Waals surface area contributed by atoms with Crippen LogP contribution in [0.3, 0.4) is 0 Å². The van der Waals surface area contributed by atoms with Crippen molar-refractivity contribution in [2.24, 2.45) is 23.7 Å². The van der Waals surface area contributed by atoms with Crippen molar-refractivity contribution in [1.82, 2.24) is 10.0 Å². The molecule has 8 nitrogen and oxygen atoms in total. The first-order valence-corrected chi connectivity index (χ1v) is 13.6. The van der Waals surface area contributed by atoms with Crippen molar-refractivity contribution in [1.29, 1.82) is 0 Å². The molecule has 2 aliphatic carbocycles. The zero-order valence-electron chi connectivity index (χ0n) is 20.4. The molecule has 2 aromatic carbocycles. The van der Waals surface area contributed by atoms with Gasteiger partial charge in [0.1, 0.15) is 17.2 Å². The predicted octanol–water partition coefficient (Wildman–Crippen LogP) is 4.67. The van der Waals surface area contributed by atoms with Crippen LogP contribution in [0.15, 0.2) is 78.2 Å². The summed E-state index contributed by atoms with van der Waals surface area (Å²) in [5.41, 5.74) is 0.405. The molecule has 3 aromatic rings. The number of Topliss-reactive ketones (excluding diaryl/α,β-unsaturated/α-hetero) is 1. The largest absolute Gasteiger partial charge is 0.422 e. The van der Waals surface area contributed by atoms with Gasteiger partial charge in [0.2, 0.25) is 0 Å². The highest BCUT2D eigenvalue weighted by Gasteiger charge is 2.61. The summed E-state index contributed by atoms with van der Waals surface area (Å²) in [6, 6.07) is 15.3. The molecule has 0 N–H and O–H groups in total. The summed E-state index contributed by atoms with van der Waals surface area (Å²) in [7, 11) is 0. The molecule has 3 amide bonds. The van der Waals surface area contributed by atoms with E-state index in [1.54, 1.807) is 17.5 Å².